The summed E-state index contributed by atoms with van der Waals surface area (Å²) in [5, 5.41) is 0. The van der Waals surface area contributed by atoms with Crippen LogP contribution < -0.4 is 4.74 Å². The molecule has 144 valence electrons. The molecule has 1 aromatic rings. The molecule has 1 atom stereocenters. The van der Waals surface area contributed by atoms with Crippen LogP contribution in [-0.4, -0.2) is 40.4 Å². The maximum atomic E-state index is 11.9. The Hall–Kier alpha value is -3.02. The molecule has 0 aromatic heterocycles. The van der Waals surface area contributed by atoms with Crippen molar-refractivity contribution < 1.29 is 28.5 Å². The first-order valence-electron chi connectivity index (χ1n) is 8.46. The predicted octanol–water partition coefficient (Wildman–Crippen LogP) is 3.30. The van der Waals surface area contributed by atoms with Crippen LogP contribution in [0.25, 0.3) is 0 Å². The highest BCUT2D eigenvalue weighted by Gasteiger charge is 2.23. The molecule has 0 aliphatic heterocycles. The molecule has 0 spiro atoms. The van der Waals surface area contributed by atoms with Gasteiger partial charge in [-0.2, -0.15) is 0 Å². The number of hydrogen-bond donors (Lipinski definition) is 0. The van der Waals surface area contributed by atoms with Gasteiger partial charge in [0.15, 0.2) is 0 Å². The van der Waals surface area contributed by atoms with Gasteiger partial charge < -0.3 is 18.9 Å². The number of methoxy groups -OCH3 is 4. The Balaban J connectivity index is 2.47. The van der Waals surface area contributed by atoms with Crippen molar-refractivity contribution in [2.24, 2.45) is 0 Å². The Kier molecular flexibility index (Phi) is 7.23. The molecular formula is C21H24O6. The monoisotopic (exact) mass is 372 g/mol. The molecule has 1 unspecified atom stereocenters. The van der Waals surface area contributed by atoms with Gasteiger partial charge >= 0.3 is 11.9 Å². The fourth-order valence-corrected chi connectivity index (χ4v) is 2.91. The van der Waals surface area contributed by atoms with Crippen LogP contribution in [-0.2, 0) is 23.8 Å². The summed E-state index contributed by atoms with van der Waals surface area (Å²) >= 11 is 0. The molecule has 1 aliphatic carbocycles. The number of benzene rings is 1. The van der Waals surface area contributed by atoms with E-state index >= 15 is 0 Å². The first kappa shape index (κ1) is 20.3. The van der Waals surface area contributed by atoms with E-state index in [1.54, 1.807) is 14.2 Å². The summed E-state index contributed by atoms with van der Waals surface area (Å²) in [6.45, 7) is 0. The maximum absolute atomic E-state index is 11.9. The second-order valence-electron chi connectivity index (χ2n) is 5.98. The highest BCUT2D eigenvalue weighted by Crippen LogP contribution is 2.37. The zero-order valence-corrected chi connectivity index (χ0v) is 16.0. The van der Waals surface area contributed by atoms with Gasteiger partial charge in [-0.05, 0) is 41.3 Å². The van der Waals surface area contributed by atoms with E-state index in [4.69, 9.17) is 18.9 Å². The third-order valence-corrected chi connectivity index (χ3v) is 4.40. The first-order chi connectivity index (χ1) is 13.0. The van der Waals surface area contributed by atoms with Crippen LogP contribution in [0.1, 0.15) is 24.3 Å². The molecule has 0 heterocycles. The third kappa shape index (κ3) is 5.48. The largest absolute Gasteiger partial charge is 0.501 e. The number of carbonyl (C=O) groups excluding carboxylic acids is 2. The molecule has 0 radical (unpaired) electrons. The van der Waals surface area contributed by atoms with E-state index in [1.807, 2.05) is 30.3 Å². The Bertz CT molecular complexity index is 770. The van der Waals surface area contributed by atoms with Gasteiger partial charge in [0.2, 0.25) is 0 Å². The molecule has 0 bridgehead atoms. The van der Waals surface area contributed by atoms with Crippen LogP contribution in [0.3, 0.4) is 0 Å². The minimum atomic E-state index is -0.487. The Morgan fingerprint density at radius 1 is 0.889 bits per heavy atom. The second-order valence-corrected chi connectivity index (χ2v) is 5.98. The minimum absolute atomic E-state index is 0.0368. The second kappa shape index (κ2) is 9.62. The predicted molar refractivity (Wildman–Crippen MR) is 100 cm³/mol. The number of ether oxygens (including phenoxy) is 4. The quantitative estimate of drug-likeness (QED) is 0.583. The zero-order chi connectivity index (χ0) is 19.8. The molecular weight excluding hydrogens is 348 g/mol. The van der Waals surface area contributed by atoms with Crippen molar-refractivity contribution in [2.75, 3.05) is 28.4 Å². The Morgan fingerprint density at radius 3 is 2.00 bits per heavy atom. The van der Waals surface area contributed by atoms with Gasteiger partial charge in [-0.25, -0.2) is 9.59 Å². The molecule has 6 heteroatoms. The van der Waals surface area contributed by atoms with Crippen molar-refractivity contribution >= 4 is 11.9 Å². The summed E-state index contributed by atoms with van der Waals surface area (Å²) in [6.07, 6.45) is 5.69. The van der Waals surface area contributed by atoms with E-state index in [0.717, 1.165) is 11.3 Å². The molecule has 2 rings (SSSR count). The van der Waals surface area contributed by atoms with Crippen LogP contribution in [0.4, 0.5) is 0 Å². The van der Waals surface area contributed by atoms with Gasteiger partial charge in [0.25, 0.3) is 0 Å². The van der Waals surface area contributed by atoms with E-state index in [-0.39, 0.29) is 5.92 Å². The summed E-state index contributed by atoms with van der Waals surface area (Å²) in [7, 11) is 5.83. The number of rotatable bonds is 5. The van der Waals surface area contributed by atoms with Gasteiger partial charge in [0.1, 0.15) is 5.75 Å². The third-order valence-electron chi connectivity index (χ3n) is 4.40. The molecule has 0 amide bonds. The number of carbonyl (C=O) groups is 2. The zero-order valence-electron chi connectivity index (χ0n) is 16.0. The summed E-state index contributed by atoms with van der Waals surface area (Å²) in [6, 6.07) is 7.71. The normalized spacial score (nSPS) is 19.9. The smallest absolute Gasteiger partial charge is 0.330 e. The van der Waals surface area contributed by atoms with Gasteiger partial charge in [-0.3, -0.25) is 0 Å². The van der Waals surface area contributed by atoms with Crippen molar-refractivity contribution in [3.63, 3.8) is 0 Å². The van der Waals surface area contributed by atoms with Crippen molar-refractivity contribution in [3.8, 4) is 5.75 Å². The van der Waals surface area contributed by atoms with Crippen LogP contribution >= 0.6 is 0 Å². The SMILES string of the molecule is COC(=O)/C=C1\CC(OC)=CC(c2ccc(OC)cc2)C\C1=C/C(=O)OC. The fraction of sp³-hybridized carbons (Fsp3) is 0.333. The van der Waals surface area contributed by atoms with Gasteiger partial charge in [0, 0.05) is 24.5 Å². The highest BCUT2D eigenvalue weighted by molar-refractivity contribution is 5.87. The van der Waals surface area contributed by atoms with Crippen molar-refractivity contribution in [2.45, 2.75) is 18.8 Å². The average Bonchev–Trinajstić information content (AvgIpc) is 2.87. The first-order valence-corrected chi connectivity index (χ1v) is 8.46. The summed E-state index contributed by atoms with van der Waals surface area (Å²) in [5.74, 6) is 0.471. The molecule has 1 aliphatic rings. The fourth-order valence-electron chi connectivity index (χ4n) is 2.91. The molecule has 27 heavy (non-hydrogen) atoms. The topological polar surface area (TPSA) is 71.1 Å². The van der Waals surface area contributed by atoms with E-state index in [2.05, 4.69) is 0 Å². The Morgan fingerprint density at radius 2 is 1.48 bits per heavy atom. The van der Waals surface area contributed by atoms with Crippen LogP contribution in [0.5, 0.6) is 5.75 Å². The molecule has 0 N–H and O–H groups in total. The molecule has 6 nitrogen and oxygen atoms in total. The Labute approximate surface area is 159 Å². The van der Waals surface area contributed by atoms with Gasteiger partial charge in [-0.1, -0.05) is 12.1 Å². The lowest BCUT2D eigenvalue weighted by molar-refractivity contribution is -0.135. The molecule has 1 aromatic carbocycles. The standard InChI is InChI=1S/C21H24O6/c1-24-18-7-5-14(6-8-18)15-9-16(12-20(22)26-3)17(13-21(23)27-4)11-19(10-15)25-2/h5-8,10,12-13,15H,9,11H2,1-4H3/b16-12+,17-13+. The number of esters is 2. The van der Waals surface area contributed by atoms with Crippen molar-refractivity contribution in [3.05, 3.63) is 65.0 Å². The van der Waals surface area contributed by atoms with E-state index in [0.29, 0.717) is 29.7 Å². The number of hydrogen-bond acceptors (Lipinski definition) is 6. The van der Waals surface area contributed by atoms with Gasteiger partial charge in [0.05, 0.1) is 34.2 Å². The molecule has 0 fully saturated rings. The van der Waals surface area contributed by atoms with Crippen LogP contribution in [0.15, 0.2) is 59.4 Å². The van der Waals surface area contributed by atoms with Crippen molar-refractivity contribution in [1.82, 2.24) is 0 Å². The van der Waals surface area contributed by atoms with Crippen molar-refractivity contribution in [1.29, 1.82) is 0 Å². The minimum Gasteiger partial charge on any atom is -0.501 e. The summed E-state index contributed by atoms with van der Waals surface area (Å²) in [5.41, 5.74) is 2.41. The van der Waals surface area contributed by atoms with Crippen LogP contribution in [0.2, 0.25) is 0 Å². The van der Waals surface area contributed by atoms with Crippen LogP contribution in [0, 0.1) is 0 Å². The highest BCUT2D eigenvalue weighted by atomic mass is 16.5. The average molecular weight is 372 g/mol. The lowest BCUT2D eigenvalue weighted by Gasteiger charge is -2.15. The van der Waals surface area contributed by atoms with E-state index in [9.17, 15) is 9.59 Å². The molecule has 0 saturated carbocycles. The lowest BCUT2D eigenvalue weighted by Crippen LogP contribution is -2.04. The maximum Gasteiger partial charge on any atom is 0.330 e. The van der Waals surface area contributed by atoms with E-state index in [1.165, 1.54) is 26.4 Å². The summed E-state index contributed by atoms with van der Waals surface area (Å²) < 4.78 is 20.2. The molecule has 0 saturated heterocycles. The van der Waals surface area contributed by atoms with Gasteiger partial charge in [-0.15, -0.1) is 0 Å². The lowest BCUT2D eigenvalue weighted by atomic mass is 9.90. The summed E-state index contributed by atoms with van der Waals surface area (Å²) in [4.78, 5) is 23.7. The number of allylic oxidation sites excluding steroid dienone is 3. The van der Waals surface area contributed by atoms with E-state index < -0.39 is 11.9 Å².